The van der Waals surface area contributed by atoms with E-state index < -0.39 is 12.0 Å². The summed E-state index contributed by atoms with van der Waals surface area (Å²) in [6, 6.07) is 13.4. The lowest BCUT2D eigenvalue weighted by molar-refractivity contribution is -0.131. The molecule has 1 atom stereocenters. The van der Waals surface area contributed by atoms with Crippen LogP contribution in [-0.4, -0.2) is 30.3 Å². The monoisotopic (exact) mass is 414 g/mol. The van der Waals surface area contributed by atoms with Crippen LogP contribution in [0.5, 0.6) is 11.5 Å². The van der Waals surface area contributed by atoms with Crippen LogP contribution in [0, 0.1) is 0 Å². The molecular formula is C22H26N2O4S. The summed E-state index contributed by atoms with van der Waals surface area (Å²) in [5, 5.41) is 0. The zero-order valence-electron chi connectivity index (χ0n) is 16.7. The third-order valence-corrected chi connectivity index (χ3v) is 5.58. The van der Waals surface area contributed by atoms with Gasteiger partial charge in [0, 0.05) is 4.90 Å². The number of hydrazine groups is 1. The van der Waals surface area contributed by atoms with E-state index in [1.54, 1.807) is 31.2 Å². The average molecular weight is 415 g/mol. The molecule has 3 rings (SSSR count). The molecule has 0 aliphatic heterocycles. The molecule has 0 heterocycles. The molecule has 6 nitrogen and oxygen atoms in total. The zero-order valence-corrected chi connectivity index (χ0v) is 17.5. The van der Waals surface area contributed by atoms with E-state index in [-0.39, 0.29) is 11.7 Å². The second-order valence-corrected chi connectivity index (χ2v) is 7.82. The van der Waals surface area contributed by atoms with Gasteiger partial charge in [0.25, 0.3) is 5.91 Å². The molecule has 0 bridgehead atoms. The lowest BCUT2D eigenvalue weighted by Gasteiger charge is -2.15. The standard InChI is InChI=1S/C22H26N2O4S/c1-3-27-18-8-10-19(11-9-18)28-15(2)22(26)24-23-21(25)14-29-20-12-7-16-5-4-6-17(16)13-20/h7-13,15H,3-6,14H2,1-2H3,(H,23,25)(H,24,26). The van der Waals surface area contributed by atoms with Crippen molar-refractivity contribution in [3.8, 4) is 11.5 Å². The molecular weight excluding hydrogens is 388 g/mol. The lowest BCUT2D eigenvalue weighted by atomic mass is 10.1. The summed E-state index contributed by atoms with van der Waals surface area (Å²) in [5.74, 6) is 0.833. The summed E-state index contributed by atoms with van der Waals surface area (Å²) in [5.41, 5.74) is 7.64. The fourth-order valence-corrected chi connectivity index (χ4v) is 3.85. The SMILES string of the molecule is CCOc1ccc(OC(C)C(=O)NNC(=O)CSc2ccc3c(c2)CCC3)cc1. The molecule has 0 saturated carbocycles. The van der Waals surface area contributed by atoms with Crippen LogP contribution in [0.1, 0.15) is 31.4 Å². The molecule has 0 radical (unpaired) electrons. The first-order valence-electron chi connectivity index (χ1n) is 9.78. The Morgan fingerprint density at radius 2 is 1.76 bits per heavy atom. The number of hydrogen-bond donors (Lipinski definition) is 2. The van der Waals surface area contributed by atoms with E-state index >= 15 is 0 Å². The summed E-state index contributed by atoms with van der Waals surface area (Å²) >= 11 is 1.46. The van der Waals surface area contributed by atoms with E-state index in [0.717, 1.165) is 23.5 Å². The molecule has 7 heteroatoms. The molecule has 154 valence electrons. The highest BCUT2D eigenvalue weighted by atomic mass is 32.2. The Kier molecular flexibility index (Phi) is 7.41. The Morgan fingerprint density at radius 1 is 1.03 bits per heavy atom. The largest absolute Gasteiger partial charge is 0.494 e. The lowest BCUT2D eigenvalue weighted by Crippen LogP contribution is -2.47. The van der Waals surface area contributed by atoms with E-state index in [4.69, 9.17) is 9.47 Å². The minimum absolute atomic E-state index is 0.229. The number of carbonyl (C=O) groups excluding carboxylic acids is 2. The maximum Gasteiger partial charge on any atom is 0.279 e. The minimum atomic E-state index is -0.752. The molecule has 1 unspecified atom stereocenters. The number of aryl methyl sites for hydroxylation is 2. The van der Waals surface area contributed by atoms with Gasteiger partial charge in [0.1, 0.15) is 11.5 Å². The Labute approximate surface area is 175 Å². The van der Waals surface area contributed by atoms with Gasteiger partial charge in [0.05, 0.1) is 12.4 Å². The number of benzene rings is 2. The topological polar surface area (TPSA) is 76.7 Å². The number of hydrogen-bond acceptors (Lipinski definition) is 5. The zero-order chi connectivity index (χ0) is 20.6. The van der Waals surface area contributed by atoms with Gasteiger partial charge >= 0.3 is 0 Å². The number of rotatable bonds is 8. The van der Waals surface area contributed by atoms with E-state index in [1.165, 1.54) is 29.3 Å². The summed E-state index contributed by atoms with van der Waals surface area (Å²) in [6.45, 7) is 4.12. The van der Waals surface area contributed by atoms with Crippen LogP contribution in [0.15, 0.2) is 47.4 Å². The average Bonchev–Trinajstić information content (AvgIpc) is 3.20. The Bertz CT molecular complexity index is 854. The first-order valence-corrected chi connectivity index (χ1v) is 10.8. The maximum absolute atomic E-state index is 12.1. The summed E-state index contributed by atoms with van der Waals surface area (Å²) in [7, 11) is 0. The molecule has 29 heavy (non-hydrogen) atoms. The number of amides is 2. The van der Waals surface area contributed by atoms with E-state index in [9.17, 15) is 9.59 Å². The van der Waals surface area contributed by atoms with Gasteiger partial charge in [-0.25, -0.2) is 0 Å². The molecule has 0 saturated heterocycles. The molecule has 2 amide bonds. The summed E-state index contributed by atoms with van der Waals surface area (Å²) < 4.78 is 11.0. The molecule has 2 N–H and O–H groups in total. The molecule has 0 fully saturated rings. The van der Waals surface area contributed by atoms with Crippen molar-refractivity contribution in [2.75, 3.05) is 12.4 Å². The van der Waals surface area contributed by atoms with Crippen LogP contribution in [0.3, 0.4) is 0 Å². The first kappa shape index (κ1) is 21.0. The second-order valence-electron chi connectivity index (χ2n) is 6.77. The van der Waals surface area contributed by atoms with E-state index in [1.807, 2.05) is 13.0 Å². The minimum Gasteiger partial charge on any atom is -0.494 e. The molecule has 1 aliphatic rings. The van der Waals surface area contributed by atoms with Gasteiger partial charge in [0.2, 0.25) is 5.91 Å². The van der Waals surface area contributed by atoms with Gasteiger partial charge in [-0.05, 0) is 80.6 Å². The first-order chi connectivity index (χ1) is 14.0. The van der Waals surface area contributed by atoms with Gasteiger partial charge in [-0.15, -0.1) is 11.8 Å². The van der Waals surface area contributed by atoms with Crippen LogP contribution >= 0.6 is 11.8 Å². The molecule has 2 aromatic carbocycles. The molecule has 0 aromatic heterocycles. The van der Waals surface area contributed by atoms with Gasteiger partial charge in [-0.1, -0.05) is 6.07 Å². The van der Waals surface area contributed by atoms with Crippen molar-refractivity contribution in [1.29, 1.82) is 0 Å². The molecule has 0 spiro atoms. The molecule has 2 aromatic rings. The Hall–Kier alpha value is -2.67. The van der Waals surface area contributed by atoms with Crippen molar-refractivity contribution in [3.05, 3.63) is 53.6 Å². The fourth-order valence-electron chi connectivity index (χ4n) is 3.09. The number of nitrogens with one attached hydrogen (secondary N) is 2. The summed E-state index contributed by atoms with van der Waals surface area (Å²) in [4.78, 5) is 25.2. The van der Waals surface area contributed by atoms with Gasteiger partial charge < -0.3 is 9.47 Å². The third kappa shape index (κ3) is 6.15. The normalized spacial score (nSPS) is 13.3. The summed E-state index contributed by atoms with van der Waals surface area (Å²) in [6.07, 6.45) is 2.70. The second kappa shape index (κ2) is 10.2. The molecule has 1 aliphatic carbocycles. The highest BCUT2D eigenvalue weighted by Gasteiger charge is 2.16. The van der Waals surface area contributed by atoms with Crippen LogP contribution in [0.2, 0.25) is 0 Å². The van der Waals surface area contributed by atoms with Crippen LogP contribution in [0.4, 0.5) is 0 Å². The quantitative estimate of drug-likeness (QED) is 0.512. The predicted molar refractivity (Wildman–Crippen MR) is 113 cm³/mol. The van der Waals surface area contributed by atoms with Gasteiger partial charge in [0.15, 0.2) is 6.10 Å². The number of carbonyl (C=O) groups is 2. The van der Waals surface area contributed by atoms with Gasteiger partial charge in [-0.2, -0.15) is 0 Å². The third-order valence-electron chi connectivity index (χ3n) is 4.58. The van der Waals surface area contributed by atoms with Crippen molar-refractivity contribution in [2.24, 2.45) is 0 Å². The number of thioether (sulfide) groups is 1. The maximum atomic E-state index is 12.1. The van der Waals surface area contributed by atoms with Crippen molar-refractivity contribution in [2.45, 2.75) is 44.1 Å². The van der Waals surface area contributed by atoms with Crippen LogP contribution in [0.25, 0.3) is 0 Å². The Balaban J connectivity index is 1.39. The van der Waals surface area contributed by atoms with Crippen LogP contribution < -0.4 is 20.3 Å². The van der Waals surface area contributed by atoms with Crippen molar-refractivity contribution >= 4 is 23.6 Å². The predicted octanol–water partition coefficient (Wildman–Crippen LogP) is 3.28. The van der Waals surface area contributed by atoms with Gasteiger partial charge in [-0.3, -0.25) is 20.4 Å². The van der Waals surface area contributed by atoms with Crippen molar-refractivity contribution in [3.63, 3.8) is 0 Å². The van der Waals surface area contributed by atoms with E-state index in [0.29, 0.717) is 12.4 Å². The fraction of sp³-hybridized carbons (Fsp3) is 0.364. The highest BCUT2D eigenvalue weighted by Crippen LogP contribution is 2.27. The van der Waals surface area contributed by atoms with Crippen molar-refractivity contribution in [1.82, 2.24) is 10.9 Å². The van der Waals surface area contributed by atoms with Crippen LogP contribution in [-0.2, 0) is 22.4 Å². The smallest absolute Gasteiger partial charge is 0.279 e. The Morgan fingerprint density at radius 3 is 2.52 bits per heavy atom. The highest BCUT2D eigenvalue weighted by molar-refractivity contribution is 8.00. The van der Waals surface area contributed by atoms with E-state index in [2.05, 4.69) is 23.0 Å². The van der Waals surface area contributed by atoms with Crippen molar-refractivity contribution < 1.29 is 19.1 Å². The number of ether oxygens (including phenoxy) is 2. The number of fused-ring (bicyclic) bond motifs is 1.